The Morgan fingerprint density at radius 3 is 2.71 bits per heavy atom. The predicted molar refractivity (Wildman–Crippen MR) is 141 cm³/mol. The van der Waals surface area contributed by atoms with Crippen molar-refractivity contribution in [2.24, 2.45) is 0 Å². The molecule has 2 aromatic carbocycles. The van der Waals surface area contributed by atoms with Crippen molar-refractivity contribution in [3.8, 4) is 5.75 Å². The van der Waals surface area contributed by atoms with Crippen LogP contribution in [0.15, 0.2) is 60.0 Å². The number of halogens is 1. The van der Waals surface area contributed by atoms with Crippen molar-refractivity contribution in [3.63, 3.8) is 0 Å². The van der Waals surface area contributed by atoms with Crippen LogP contribution < -0.4 is 4.74 Å². The number of amides is 2. The minimum Gasteiger partial charge on any atom is -0.491 e. The fourth-order valence-corrected chi connectivity index (χ4v) is 5.50. The molecule has 3 aromatic rings. The van der Waals surface area contributed by atoms with Gasteiger partial charge in [-0.2, -0.15) is 0 Å². The number of hydrogen-bond donors (Lipinski definition) is 0. The minimum atomic E-state index is -0.193. The maximum absolute atomic E-state index is 13.6. The second-order valence-corrected chi connectivity index (χ2v) is 10.3. The number of benzene rings is 2. The van der Waals surface area contributed by atoms with Crippen molar-refractivity contribution in [2.75, 3.05) is 26.2 Å². The lowest BCUT2D eigenvalue weighted by Crippen LogP contribution is -2.48. The number of carbonyl (C=O) groups is 2. The molecule has 0 bridgehead atoms. The van der Waals surface area contributed by atoms with Gasteiger partial charge in [0, 0.05) is 23.0 Å². The number of thiophene rings is 1. The molecule has 0 saturated carbocycles. The lowest BCUT2D eigenvalue weighted by atomic mass is 10.00. The van der Waals surface area contributed by atoms with Gasteiger partial charge in [-0.3, -0.25) is 9.59 Å². The van der Waals surface area contributed by atoms with Crippen LogP contribution in [0.3, 0.4) is 0 Å². The third-order valence-electron chi connectivity index (χ3n) is 6.32. The van der Waals surface area contributed by atoms with Gasteiger partial charge < -0.3 is 14.5 Å². The highest BCUT2D eigenvalue weighted by Gasteiger charge is 2.33. The van der Waals surface area contributed by atoms with Crippen molar-refractivity contribution in [3.05, 3.63) is 86.6 Å². The van der Waals surface area contributed by atoms with Crippen molar-refractivity contribution >= 4 is 34.8 Å². The summed E-state index contributed by atoms with van der Waals surface area (Å²) in [7, 11) is 0. The molecule has 0 unspecified atom stereocenters. The Morgan fingerprint density at radius 1 is 1.17 bits per heavy atom. The van der Waals surface area contributed by atoms with E-state index in [-0.39, 0.29) is 24.4 Å². The topological polar surface area (TPSA) is 49.9 Å². The van der Waals surface area contributed by atoms with Crippen LogP contribution >= 0.6 is 22.9 Å². The van der Waals surface area contributed by atoms with E-state index >= 15 is 0 Å². The van der Waals surface area contributed by atoms with Crippen molar-refractivity contribution in [2.45, 2.75) is 39.2 Å². The second kappa shape index (κ2) is 11.7. The van der Waals surface area contributed by atoms with E-state index in [1.165, 1.54) is 4.88 Å². The van der Waals surface area contributed by atoms with Crippen LogP contribution in [0.4, 0.5) is 0 Å². The van der Waals surface area contributed by atoms with E-state index < -0.39 is 0 Å². The van der Waals surface area contributed by atoms with Gasteiger partial charge >= 0.3 is 0 Å². The minimum absolute atomic E-state index is 0.0240. The zero-order chi connectivity index (χ0) is 24.8. The van der Waals surface area contributed by atoms with Gasteiger partial charge in [-0.15, -0.1) is 11.3 Å². The standard InChI is InChI=1S/C28H31ClN2O3S/c1-3-13-30(27(32)17-21-7-5-4-6-8-21)18-28(33)31-14-11-26-23(12-15-35-26)25(31)19-34-22-9-10-24(29)20(2)16-22/h4-10,12,15-16,25H,3,11,13-14,17-19H2,1-2H3/t25-/m1/s1. The number of carbonyl (C=O) groups excluding carboxylic acids is 2. The van der Waals surface area contributed by atoms with E-state index in [0.29, 0.717) is 31.1 Å². The summed E-state index contributed by atoms with van der Waals surface area (Å²) in [5.74, 6) is 0.661. The number of fused-ring (bicyclic) bond motifs is 1. The van der Waals surface area contributed by atoms with Crippen LogP contribution in [0.5, 0.6) is 5.75 Å². The lowest BCUT2D eigenvalue weighted by Gasteiger charge is -2.37. The Balaban J connectivity index is 1.48. The van der Waals surface area contributed by atoms with Gasteiger partial charge in [-0.1, -0.05) is 48.9 Å². The largest absolute Gasteiger partial charge is 0.491 e. The van der Waals surface area contributed by atoms with E-state index in [1.54, 1.807) is 16.2 Å². The first kappa shape index (κ1) is 25.3. The first-order chi connectivity index (χ1) is 17.0. The quantitative estimate of drug-likeness (QED) is 0.371. The predicted octanol–water partition coefficient (Wildman–Crippen LogP) is 5.70. The molecule has 0 aliphatic carbocycles. The summed E-state index contributed by atoms with van der Waals surface area (Å²) >= 11 is 7.88. The highest BCUT2D eigenvalue weighted by atomic mass is 35.5. The monoisotopic (exact) mass is 510 g/mol. The molecule has 1 aromatic heterocycles. The summed E-state index contributed by atoms with van der Waals surface area (Å²) in [6.07, 6.45) is 1.91. The fraction of sp³-hybridized carbons (Fsp3) is 0.357. The molecule has 2 heterocycles. The summed E-state index contributed by atoms with van der Waals surface area (Å²) in [6.45, 7) is 5.57. The van der Waals surface area contributed by atoms with E-state index in [4.69, 9.17) is 16.3 Å². The maximum atomic E-state index is 13.6. The maximum Gasteiger partial charge on any atom is 0.242 e. The molecule has 7 heteroatoms. The molecule has 1 aliphatic rings. The summed E-state index contributed by atoms with van der Waals surface area (Å²) in [5.41, 5.74) is 3.04. The second-order valence-electron chi connectivity index (χ2n) is 8.85. The van der Waals surface area contributed by atoms with Gasteiger partial charge in [0.25, 0.3) is 0 Å². The summed E-state index contributed by atoms with van der Waals surface area (Å²) < 4.78 is 6.14. The first-order valence-corrected chi connectivity index (χ1v) is 13.3. The molecule has 1 atom stereocenters. The van der Waals surface area contributed by atoms with Crippen LogP contribution in [0.25, 0.3) is 0 Å². The van der Waals surface area contributed by atoms with Crippen LogP contribution in [0, 0.1) is 6.92 Å². The first-order valence-electron chi connectivity index (χ1n) is 12.0. The van der Waals surface area contributed by atoms with Gasteiger partial charge in [0.1, 0.15) is 12.4 Å². The third-order valence-corrected chi connectivity index (χ3v) is 7.74. The van der Waals surface area contributed by atoms with Gasteiger partial charge in [-0.25, -0.2) is 0 Å². The molecule has 184 valence electrons. The summed E-state index contributed by atoms with van der Waals surface area (Å²) in [4.78, 5) is 31.5. The SMILES string of the molecule is CCCN(CC(=O)N1CCc2sccc2[C@H]1COc1ccc(Cl)c(C)c1)C(=O)Cc1ccccc1. The van der Waals surface area contributed by atoms with Crippen molar-refractivity contribution in [1.29, 1.82) is 0 Å². The van der Waals surface area contributed by atoms with Crippen LogP contribution in [-0.2, 0) is 22.4 Å². The van der Waals surface area contributed by atoms with E-state index in [0.717, 1.165) is 35.3 Å². The van der Waals surface area contributed by atoms with E-state index in [2.05, 4.69) is 11.4 Å². The molecule has 35 heavy (non-hydrogen) atoms. The average Bonchev–Trinajstić information content (AvgIpc) is 3.34. The third kappa shape index (κ3) is 6.24. The molecule has 1 aliphatic heterocycles. The van der Waals surface area contributed by atoms with E-state index in [1.807, 2.05) is 67.3 Å². The number of nitrogens with zero attached hydrogens (tertiary/aromatic N) is 2. The molecular formula is C28H31ClN2O3S. The molecule has 5 nitrogen and oxygen atoms in total. The fourth-order valence-electron chi connectivity index (χ4n) is 4.45. The Labute approximate surface area is 216 Å². The molecule has 4 rings (SSSR count). The number of rotatable bonds is 9. The van der Waals surface area contributed by atoms with Crippen LogP contribution in [-0.4, -0.2) is 47.9 Å². The normalized spacial score (nSPS) is 14.9. The Hall–Kier alpha value is -2.83. The zero-order valence-corrected chi connectivity index (χ0v) is 21.8. The molecule has 0 spiro atoms. The Morgan fingerprint density at radius 2 is 1.97 bits per heavy atom. The average molecular weight is 511 g/mol. The molecule has 0 saturated heterocycles. The Kier molecular flexibility index (Phi) is 8.47. The highest BCUT2D eigenvalue weighted by Crippen LogP contribution is 2.34. The van der Waals surface area contributed by atoms with Crippen molar-refractivity contribution in [1.82, 2.24) is 9.80 Å². The number of aryl methyl sites for hydroxylation is 1. The Bertz CT molecular complexity index is 1160. The summed E-state index contributed by atoms with van der Waals surface area (Å²) in [5, 5.41) is 2.77. The smallest absolute Gasteiger partial charge is 0.242 e. The van der Waals surface area contributed by atoms with Gasteiger partial charge in [-0.05, 0) is 66.1 Å². The van der Waals surface area contributed by atoms with Gasteiger partial charge in [0.2, 0.25) is 11.8 Å². The van der Waals surface area contributed by atoms with Gasteiger partial charge in [0.05, 0.1) is 19.0 Å². The highest BCUT2D eigenvalue weighted by molar-refractivity contribution is 7.10. The van der Waals surface area contributed by atoms with Crippen LogP contribution in [0.2, 0.25) is 5.02 Å². The van der Waals surface area contributed by atoms with Crippen LogP contribution in [0.1, 0.15) is 41.0 Å². The molecule has 2 amide bonds. The lowest BCUT2D eigenvalue weighted by molar-refractivity contribution is -0.142. The summed E-state index contributed by atoms with van der Waals surface area (Å²) in [6, 6.07) is 17.2. The molecule has 0 N–H and O–H groups in total. The molecule has 0 fully saturated rings. The number of ether oxygens (including phenoxy) is 1. The zero-order valence-electron chi connectivity index (χ0n) is 20.2. The van der Waals surface area contributed by atoms with E-state index in [9.17, 15) is 9.59 Å². The molecular weight excluding hydrogens is 480 g/mol. The molecule has 0 radical (unpaired) electrons. The number of hydrogen-bond acceptors (Lipinski definition) is 4. The van der Waals surface area contributed by atoms with Gasteiger partial charge in [0.15, 0.2) is 0 Å². The van der Waals surface area contributed by atoms with Crippen molar-refractivity contribution < 1.29 is 14.3 Å².